The molecule has 2 fully saturated rings. The van der Waals surface area contributed by atoms with Gasteiger partial charge in [0.1, 0.15) is 18.0 Å². The van der Waals surface area contributed by atoms with E-state index >= 15 is 0 Å². The molecule has 0 radical (unpaired) electrons. The average Bonchev–Trinajstić information content (AvgIpc) is 3.65. The molecule has 0 spiro atoms. The molecule has 188 valence electrons. The van der Waals surface area contributed by atoms with Gasteiger partial charge in [-0.1, -0.05) is 72.8 Å². The third-order valence-electron chi connectivity index (χ3n) is 6.86. The van der Waals surface area contributed by atoms with Crippen LogP contribution >= 0.6 is 0 Å². The standard InChI is InChI=1S/C31H36N2O3/c1-31(2,3)36-30(34)33-26(21-32(28-19-29(28)33)20-24-10-6-4-7-11-24)18-23-14-16-27(17-15-23)35-22-25-12-8-5-9-13-25/h4-17,26,28-29H,18-22H2,1-3H3/t26-,28+,29-/m0/s1. The number of nitrogens with zero attached hydrogens (tertiary/aromatic N) is 2. The Kier molecular flexibility index (Phi) is 7.01. The van der Waals surface area contributed by atoms with E-state index in [-0.39, 0.29) is 18.2 Å². The maximum absolute atomic E-state index is 13.3. The number of carbonyl (C=O) groups is 1. The fraction of sp³-hybridized carbons (Fsp3) is 0.387. The Morgan fingerprint density at radius 1 is 0.833 bits per heavy atom. The van der Waals surface area contributed by atoms with Crippen molar-refractivity contribution in [1.29, 1.82) is 0 Å². The number of benzene rings is 3. The van der Waals surface area contributed by atoms with Crippen molar-refractivity contribution in [1.82, 2.24) is 9.80 Å². The summed E-state index contributed by atoms with van der Waals surface area (Å²) in [5.74, 6) is 0.850. The summed E-state index contributed by atoms with van der Waals surface area (Å²) in [5, 5.41) is 0. The van der Waals surface area contributed by atoms with Gasteiger partial charge in [-0.3, -0.25) is 9.80 Å². The highest BCUT2D eigenvalue weighted by Crippen LogP contribution is 2.41. The first kappa shape index (κ1) is 24.4. The highest BCUT2D eigenvalue weighted by atomic mass is 16.6. The molecule has 3 aromatic carbocycles. The second-order valence-corrected chi connectivity index (χ2v) is 10.9. The van der Waals surface area contributed by atoms with E-state index in [4.69, 9.17) is 9.47 Å². The highest BCUT2D eigenvalue weighted by molar-refractivity contribution is 5.70. The van der Waals surface area contributed by atoms with Gasteiger partial charge in [0, 0.05) is 19.1 Å². The van der Waals surface area contributed by atoms with E-state index < -0.39 is 5.60 Å². The molecule has 0 N–H and O–H groups in total. The van der Waals surface area contributed by atoms with Gasteiger partial charge in [0.2, 0.25) is 0 Å². The third-order valence-corrected chi connectivity index (χ3v) is 6.86. The first-order valence-electron chi connectivity index (χ1n) is 12.9. The second kappa shape index (κ2) is 10.4. The quantitative estimate of drug-likeness (QED) is 0.408. The molecule has 0 bridgehead atoms. The van der Waals surface area contributed by atoms with E-state index in [0.29, 0.717) is 12.6 Å². The van der Waals surface area contributed by atoms with Crippen LogP contribution in [0.5, 0.6) is 5.75 Å². The Morgan fingerprint density at radius 2 is 1.47 bits per heavy atom. The molecule has 1 aliphatic heterocycles. The minimum absolute atomic E-state index is 0.0587. The molecule has 1 aliphatic carbocycles. The lowest BCUT2D eigenvalue weighted by atomic mass is 10.0. The van der Waals surface area contributed by atoms with Crippen LogP contribution in [0.4, 0.5) is 4.79 Å². The van der Waals surface area contributed by atoms with Gasteiger partial charge in [-0.25, -0.2) is 4.79 Å². The molecule has 5 rings (SSSR count). The van der Waals surface area contributed by atoms with Crippen LogP contribution < -0.4 is 4.74 Å². The van der Waals surface area contributed by atoms with E-state index in [1.807, 2.05) is 56.0 Å². The molecule has 5 heteroatoms. The number of hydrogen-bond donors (Lipinski definition) is 0. The van der Waals surface area contributed by atoms with Gasteiger partial charge in [-0.05, 0) is 62.4 Å². The first-order chi connectivity index (χ1) is 17.4. The zero-order chi connectivity index (χ0) is 25.1. The number of carbonyl (C=O) groups excluding carboxylic acids is 1. The number of ether oxygens (including phenoxy) is 2. The number of amides is 1. The molecule has 1 heterocycles. The van der Waals surface area contributed by atoms with Crippen molar-refractivity contribution in [2.24, 2.45) is 0 Å². The van der Waals surface area contributed by atoms with Crippen molar-refractivity contribution < 1.29 is 14.3 Å². The number of fused-ring (bicyclic) bond motifs is 1. The van der Waals surface area contributed by atoms with E-state index in [9.17, 15) is 4.79 Å². The normalized spacial score (nSPS) is 21.5. The van der Waals surface area contributed by atoms with Crippen LogP contribution in [0.3, 0.4) is 0 Å². The number of piperazine rings is 1. The van der Waals surface area contributed by atoms with Gasteiger partial charge >= 0.3 is 6.09 Å². The summed E-state index contributed by atoms with van der Waals surface area (Å²) in [6, 6.07) is 29.8. The predicted octanol–water partition coefficient (Wildman–Crippen LogP) is 6.07. The van der Waals surface area contributed by atoms with Gasteiger partial charge in [-0.2, -0.15) is 0 Å². The van der Waals surface area contributed by atoms with Crippen LogP contribution in [-0.4, -0.2) is 46.2 Å². The molecule has 1 amide bonds. The van der Waals surface area contributed by atoms with E-state index in [1.165, 1.54) is 11.1 Å². The van der Waals surface area contributed by atoms with E-state index in [2.05, 4.69) is 59.5 Å². The topological polar surface area (TPSA) is 42.0 Å². The molecular formula is C31H36N2O3. The van der Waals surface area contributed by atoms with Crippen LogP contribution in [0.1, 0.15) is 43.9 Å². The molecular weight excluding hydrogens is 448 g/mol. The van der Waals surface area contributed by atoms with Crippen molar-refractivity contribution in [2.45, 2.75) is 70.5 Å². The van der Waals surface area contributed by atoms with Crippen LogP contribution in [0.2, 0.25) is 0 Å². The van der Waals surface area contributed by atoms with E-state index in [0.717, 1.165) is 37.2 Å². The monoisotopic (exact) mass is 484 g/mol. The zero-order valence-corrected chi connectivity index (χ0v) is 21.5. The van der Waals surface area contributed by atoms with Gasteiger partial charge in [0.05, 0.1) is 12.1 Å². The molecule has 5 nitrogen and oxygen atoms in total. The Bertz CT molecular complexity index is 1140. The molecule has 3 aromatic rings. The van der Waals surface area contributed by atoms with Crippen LogP contribution in [-0.2, 0) is 24.3 Å². The molecule has 1 saturated heterocycles. The fourth-order valence-electron chi connectivity index (χ4n) is 5.12. The molecule has 2 aliphatic rings. The predicted molar refractivity (Wildman–Crippen MR) is 142 cm³/mol. The van der Waals surface area contributed by atoms with Crippen molar-refractivity contribution >= 4 is 6.09 Å². The Hall–Kier alpha value is -3.31. The minimum atomic E-state index is -0.509. The molecule has 3 atom stereocenters. The molecule has 1 saturated carbocycles. The fourth-order valence-corrected chi connectivity index (χ4v) is 5.12. The number of rotatable bonds is 7. The summed E-state index contributed by atoms with van der Waals surface area (Å²) >= 11 is 0. The summed E-state index contributed by atoms with van der Waals surface area (Å²) in [6.07, 6.45) is 1.60. The van der Waals surface area contributed by atoms with Crippen molar-refractivity contribution in [3.8, 4) is 5.75 Å². The largest absolute Gasteiger partial charge is 0.489 e. The van der Waals surface area contributed by atoms with Gasteiger partial charge in [0.25, 0.3) is 0 Å². The molecule has 0 aromatic heterocycles. The zero-order valence-electron chi connectivity index (χ0n) is 21.5. The second-order valence-electron chi connectivity index (χ2n) is 10.9. The van der Waals surface area contributed by atoms with Crippen LogP contribution in [0.15, 0.2) is 84.9 Å². The third kappa shape index (κ3) is 6.08. The van der Waals surface area contributed by atoms with Crippen LogP contribution in [0, 0.1) is 0 Å². The van der Waals surface area contributed by atoms with Gasteiger partial charge < -0.3 is 9.47 Å². The maximum Gasteiger partial charge on any atom is 0.410 e. The molecule has 36 heavy (non-hydrogen) atoms. The molecule has 0 unspecified atom stereocenters. The Morgan fingerprint density at radius 3 is 2.11 bits per heavy atom. The van der Waals surface area contributed by atoms with Crippen LogP contribution in [0.25, 0.3) is 0 Å². The van der Waals surface area contributed by atoms with Gasteiger partial charge in [0.15, 0.2) is 0 Å². The highest BCUT2D eigenvalue weighted by Gasteiger charge is 2.54. The van der Waals surface area contributed by atoms with Crippen molar-refractivity contribution in [3.63, 3.8) is 0 Å². The first-order valence-corrected chi connectivity index (χ1v) is 12.9. The van der Waals surface area contributed by atoms with Gasteiger partial charge in [-0.15, -0.1) is 0 Å². The lowest BCUT2D eigenvalue weighted by Crippen LogP contribution is -2.56. The lowest BCUT2D eigenvalue weighted by molar-refractivity contribution is -0.00404. The summed E-state index contributed by atoms with van der Waals surface area (Å²) in [5.41, 5.74) is 3.14. The maximum atomic E-state index is 13.3. The van der Waals surface area contributed by atoms with E-state index in [1.54, 1.807) is 0 Å². The van der Waals surface area contributed by atoms with Crippen molar-refractivity contribution in [3.05, 3.63) is 102 Å². The minimum Gasteiger partial charge on any atom is -0.489 e. The summed E-state index contributed by atoms with van der Waals surface area (Å²) in [4.78, 5) is 17.8. The average molecular weight is 485 g/mol. The van der Waals surface area contributed by atoms with Crippen molar-refractivity contribution in [2.75, 3.05) is 6.54 Å². The SMILES string of the molecule is CC(C)(C)OC(=O)N1[C@@H](Cc2ccc(OCc3ccccc3)cc2)CN(Cc2ccccc2)[C@@H]2C[C@@H]21. The lowest BCUT2D eigenvalue weighted by Gasteiger charge is -2.41. The summed E-state index contributed by atoms with van der Waals surface area (Å²) < 4.78 is 11.8. The summed E-state index contributed by atoms with van der Waals surface area (Å²) in [7, 11) is 0. The number of hydrogen-bond acceptors (Lipinski definition) is 4. The summed E-state index contributed by atoms with van der Waals surface area (Å²) in [6.45, 7) is 8.10. The Labute approximate surface area is 214 Å². The smallest absolute Gasteiger partial charge is 0.410 e. The Balaban J connectivity index is 1.28.